The summed E-state index contributed by atoms with van der Waals surface area (Å²) in [5.41, 5.74) is 2.01. The van der Waals surface area contributed by atoms with Gasteiger partial charge in [-0.1, -0.05) is 26.8 Å². The Balaban J connectivity index is 2.21. The van der Waals surface area contributed by atoms with Crippen molar-refractivity contribution in [3.8, 4) is 11.4 Å². The second-order valence-electron chi connectivity index (χ2n) is 5.77. The molecule has 1 aliphatic heterocycles. The van der Waals surface area contributed by atoms with Crippen LogP contribution in [0.15, 0.2) is 35.3 Å². The van der Waals surface area contributed by atoms with E-state index in [1.165, 1.54) is 11.6 Å². The van der Waals surface area contributed by atoms with Gasteiger partial charge in [-0.15, -0.1) is 0 Å². The van der Waals surface area contributed by atoms with Crippen LogP contribution in [0.1, 0.15) is 32.2 Å². The molecule has 0 bridgehead atoms. The summed E-state index contributed by atoms with van der Waals surface area (Å²) >= 11 is 0. The number of nitrogens with zero attached hydrogens (tertiary/aromatic N) is 2. The molecule has 4 heteroatoms. The summed E-state index contributed by atoms with van der Waals surface area (Å²) in [5.74, 6) is 1.47. The molecule has 98 valence electrons. The molecule has 1 aromatic heterocycles. The van der Waals surface area contributed by atoms with Gasteiger partial charge in [0.25, 0.3) is 5.56 Å². The second-order valence-corrected chi connectivity index (χ2v) is 5.77. The maximum absolute atomic E-state index is 11.3. The van der Waals surface area contributed by atoms with E-state index in [9.17, 15) is 4.79 Å². The van der Waals surface area contributed by atoms with E-state index in [4.69, 9.17) is 4.74 Å². The predicted octanol–water partition coefficient (Wildman–Crippen LogP) is 2.42. The zero-order chi connectivity index (χ0) is 13.6. The second kappa shape index (κ2) is 3.95. The minimum atomic E-state index is -0.231. The molecule has 0 saturated heterocycles. The van der Waals surface area contributed by atoms with Gasteiger partial charge in [0.2, 0.25) is 0 Å². The number of hydrogen-bond acceptors (Lipinski definition) is 3. The Bertz CT molecular complexity index is 696. The highest BCUT2D eigenvalue weighted by Gasteiger charge is 2.21. The molecule has 1 aromatic carbocycles. The van der Waals surface area contributed by atoms with E-state index in [2.05, 4.69) is 37.9 Å². The Kier molecular flexibility index (Phi) is 2.49. The Morgan fingerprint density at radius 1 is 1.26 bits per heavy atom. The molecule has 2 heterocycles. The van der Waals surface area contributed by atoms with Crippen molar-refractivity contribution in [2.45, 2.75) is 32.8 Å². The van der Waals surface area contributed by atoms with Crippen molar-refractivity contribution in [2.24, 2.45) is 0 Å². The Labute approximate surface area is 111 Å². The zero-order valence-corrected chi connectivity index (χ0v) is 11.3. The predicted molar refractivity (Wildman–Crippen MR) is 72.9 cm³/mol. The van der Waals surface area contributed by atoms with Gasteiger partial charge in [0.05, 0.1) is 5.69 Å². The van der Waals surface area contributed by atoms with Crippen molar-refractivity contribution in [1.82, 2.24) is 9.55 Å². The Morgan fingerprint density at radius 3 is 2.79 bits per heavy atom. The monoisotopic (exact) mass is 256 g/mol. The lowest BCUT2D eigenvalue weighted by Gasteiger charge is -2.25. The van der Waals surface area contributed by atoms with Crippen LogP contribution in [-0.4, -0.2) is 9.55 Å². The van der Waals surface area contributed by atoms with Crippen LogP contribution in [0, 0.1) is 0 Å². The standard InChI is InChI=1S/C15H16N2O2/c1-15(2,3)10-4-5-12-11(8-10)17-7-6-14(18)16-13(17)9-19-12/h4-8H,9H2,1-3H3. The van der Waals surface area contributed by atoms with Crippen LogP contribution in [0.25, 0.3) is 5.69 Å². The first-order valence-corrected chi connectivity index (χ1v) is 6.31. The van der Waals surface area contributed by atoms with Crippen molar-refractivity contribution >= 4 is 0 Å². The van der Waals surface area contributed by atoms with Crippen molar-refractivity contribution in [2.75, 3.05) is 0 Å². The maximum Gasteiger partial charge on any atom is 0.272 e. The van der Waals surface area contributed by atoms with E-state index >= 15 is 0 Å². The highest BCUT2D eigenvalue weighted by Crippen LogP contribution is 2.33. The third kappa shape index (κ3) is 2.03. The van der Waals surface area contributed by atoms with E-state index in [-0.39, 0.29) is 11.0 Å². The van der Waals surface area contributed by atoms with Crippen LogP contribution in [-0.2, 0) is 12.0 Å². The lowest BCUT2D eigenvalue weighted by atomic mass is 9.86. The highest BCUT2D eigenvalue weighted by atomic mass is 16.5. The topological polar surface area (TPSA) is 44.1 Å². The fourth-order valence-corrected chi connectivity index (χ4v) is 2.20. The quantitative estimate of drug-likeness (QED) is 0.727. The highest BCUT2D eigenvalue weighted by molar-refractivity contribution is 5.52. The molecule has 2 aromatic rings. The molecule has 0 radical (unpaired) electrons. The van der Waals surface area contributed by atoms with Gasteiger partial charge in [-0.2, -0.15) is 4.98 Å². The van der Waals surface area contributed by atoms with Gasteiger partial charge in [0.15, 0.2) is 5.82 Å². The van der Waals surface area contributed by atoms with Gasteiger partial charge in [-0.3, -0.25) is 9.36 Å². The van der Waals surface area contributed by atoms with E-state index in [1.54, 1.807) is 6.20 Å². The molecular weight excluding hydrogens is 240 g/mol. The Morgan fingerprint density at radius 2 is 2.05 bits per heavy atom. The number of ether oxygens (including phenoxy) is 1. The zero-order valence-electron chi connectivity index (χ0n) is 11.3. The van der Waals surface area contributed by atoms with Crippen LogP contribution in [0.5, 0.6) is 5.75 Å². The van der Waals surface area contributed by atoms with Crippen molar-refractivity contribution in [3.63, 3.8) is 0 Å². The number of rotatable bonds is 0. The third-order valence-electron chi connectivity index (χ3n) is 3.32. The normalized spacial score (nSPS) is 13.4. The van der Waals surface area contributed by atoms with Crippen LogP contribution in [0.3, 0.4) is 0 Å². The lowest BCUT2D eigenvalue weighted by molar-refractivity contribution is 0.276. The van der Waals surface area contributed by atoms with E-state index in [1.807, 2.05) is 10.6 Å². The molecule has 3 rings (SSSR count). The summed E-state index contributed by atoms with van der Waals surface area (Å²) in [4.78, 5) is 15.3. The number of hydrogen-bond donors (Lipinski definition) is 0. The molecular formula is C15H16N2O2. The molecule has 0 fully saturated rings. The average Bonchev–Trinajstić information content (AvgIpc) is 2.36. The van der Waals surface area contributed by atoms with Crippen molar-refractivity contribution in [3.05, 3.63) is 52.2 Å². The molecule has 0 spiro atoms. The van der Waals surface area contributed by atoms with Crippen LogP contribution in [0.2, 0.25) is 0 Å². The summed E-state index contributed by atoms with van der Waals surface area (Å²) in [7, 11) is 0. The van der Waals surface area contributed by atoms with E-state index < -0.39 is 0 Å². The number of benzene rings is 1. The fourth-order valence-electron chi connectivity index (χ4n) is 2.20. The Hall–Kier alpha value is -2.10. The molecule has 0 N–H and O–H groups in total. The first kappa shape index (κ1) is 12.0. The van der Waals surface area contributed by atoms with Crippen LogP contribution < -0.4 is 10.3 Å². The molecule has 19 heavy (non-hydrogen) atoms. The fraction of sp³-hybridized carbons (Fsp3) is 0.333. The molecule has 0 aliphatic carbocycles. The molecule has 1 aliphatic rings. The van der Waals surface area contributed by atoms with Crippen molar-refractivity contribution < 1.29 is 4.74 Å². The first-order valence-electron chi connectivity index (χ1n) is 6.31. The van der Waals surface area contributed by atoms with Gasteiger partial charge in [0, 0.05) is 12.3 Å². The van der Waals surface area contributed by atoms with Gasteiger partial charge >= 0.3 is 0 Å². The maximum atomic E-state index is 11.3. The lowest BCUT2D eigenvalue weighted by Crippen LogP contribution is -2.22. The summed E-state index contributed by atoms with van der Waals surface area (Å²) in [5, 5.41) is 0. The third-order valence-corrected chi connectivity index (χ3v) is 3.32. The molecule has 0 saturated carbocycles. The summed E-state index contributed by atoms with van der Waals surface area (Å²) in [6.45, 7) is 6.84. The van der Waals surface area contributed by atoms with Gasteiger partial charge in [-0.05, 0) is 23.1 Å². The molecule has 0 atom stereocenters. The minimum absolute atomic E-state index is 0.0686. The van der Waals surface area contributed by atoms with Gasteiger partial charge < -0.3 is 4.74 Å². The number of aromatic nitrogens is 2. The SMILES string of the molecule is CC(C)(C)c1ccc2c(c1)-n1ccc(=O)nc1CO2. The summed E-state index contributed by atoms with van der Waals surface area (Å²) in [6, 6.07) is 7.64. The first-order chi connectivity index (χ1) is 8.95. The smallest absolute Gasteiger partial charge is 0.272 e. The van der Waals surface area contributed by atoms with E-state index in [0.29, 0.717) is 12.4 Å². The van der Waals surface area contributed by atoms with Gasteiger partial charge in [0.1, 0.15) is 12.4 Å². The molecule has 0 amide bonds. The molecule has 0 unspecified atom stereocenters. The minimum Gasteiger partial charge on any atom is -0.483 e. The van der Waals surface area contributed by atoms with E-state index in [0.717, 1.165) is 11.4 Å². The van der Waals surface area contributed by atoms with Gasteiger partial charge in [-0.25, -0.2) is 0 Å². The average molecular weight is 256 g/mol. The largest absolute Gasteiger partial charge is 0.483 e. The van der Waals surface area contributed by atoms with Crippen LogP contribution >= 0.6 is 0 Å². The summed E-state index contributed by atoms with van der Waals surface area (Å²) < 4.78 is 7.58. The summed E-state index contributed by atoms with van der Waals surface area (Å²) in [6.07, 6.45) is 1.76. The molecule has 4 nitrogen and oxygen atoms in total. The van der Waals surface area contributed by atoms with Crippen molar-refractivity contribution in [1.29, 1.82) is 0 Å². The van der Waals surface area contributed by atoms with Crippen LogP contribution in [0.4, 0.5) is 0 Å². The number of fused-ring (bicyclic) bond motifs is 3.